The fourth-order valence-electron chi connectivity index (χ4n) is 2.44. The van der Waals surface area contributed by atoms with Crippen molar-refractivity contribution < 1.29 is 9.13 Å². The van der Waals surface area contributed by atoms with Gasteiger partial charge in [-0.05, 0) is 43.0 Å². The van der Waals surface area contributed by atoms with Crippen LogP contribution in [0.5, 0.6) is 0 Å². The normalized spacial score (nSPS) is 16.7. The van der Waals surface area contributed by atoms with Crippen LogP contribution in [-0.4, -0.2) is 19.8 Å². The van der Waals surface area contributed by atoms with Crippen LogP contribution in [0.2, 0.25) is 0 Å². The van der Waals surface area contributed by atoms with E-state index in [9.17, 15) is 4.39 Å². The Hall–Kier alpha value is -1.09. The van der Waals surface area contributed by atoms with Crippen LogP contribution in [0, 0.1) is 11.7 Å². The summed E-state index contributed by atoms with van der Waals surface area (Å²) >= 11 is 0. The van der Waals surface area contributed by atoms with Gasteiger partial charge in [-0.15, -0.1) is 0 Å². The van der Waals surface area contributed by atoms with Crippen molar-refractivity contribution in [3.63, 3.8) is 0 Å². The van der Waals surface area contributed by atoms with Gasteiger partial charge in [0.15, 0.2) is 0 Å². The van der Waals surface area contributed by atoms with Crippen LogP contribution in [-0.2, 0) is 4.74 Å². The van der Waals surface area contributed by atoms with E-state index in [4.69, 9.17) is 4.74 Å². The van der Waals surface area contributed by atoms with E-state index >= 15 is 0 Å². The average Bonchev–Trinajstić information content (AvgIpc) is 2.42. The lowest BCUT2D eigenvalue weighted by molar-refractivity contribution is 0.0924. The van der Waals surface area contributed by atoms with Crippen molar-refractivity contribution in [3.8, 4) is 0 Å². The molecule has 0 aliphatic heterocycles. The number of nitrogens with one attached hydrogen (secondary N) is 1. The predicted octanol–water partition coefficient (Wildman–Crippen LogP) is 3.83. The molecule has 0 radical (unpaired) electrons. The molecule has 3 heteroatoms. The maximum absolute atomic E-state index is 12.7. The van der Waals surface area contributed by atoms with Crippen molar-refractivity contribution in [1.29, 1.82) is 0 Å². The van der Waals surface area contributed by atoms with E-state index in [0.29, 0.717) is 6.61 Å². The van der Waals surface area contributed by atoms with E-state index in [1.807, 2.05) is 0 Å². The predicted molar refractivity (Wildman–Crippen MR) is 72.3 cm³/mol. The Balaban J connectivity index is 1.54. The molecule has 18 heavy (non-hydrogen) atoms. The first-order chi connectivity index (χ1) is 8.84. The highest BCUT2D eigenvalue weighted by molar-refractivity contribution is 5.42. The summed E-state index contributed by atoms with van der Waals surface area (Å²) in [5, 5.41) is 3.22. The Morgan fingerprint density at radius 2 is 1.83 bits per heavy atom. The van der Waals surface area contributed by atoms with E-state index in [1.54, 1.807) is 12.1 Å². The molecule has 2 rings (SSSR count). The van der Waals surface area contributed by atoms with Crippen molar-refractivity contribution in [2.24, 2.45) is 5.92 Å². The zero-order valence-electron chi connectivity index (χ0n) is 10.8. The maximum Gasteiger partial charge on any atom is 0.123 e. The van der Waals surface area contributed by atoms with Crippen LogP contribution in [0.1, 0.15) is 32.1 Å². The monoisotopic (exact) mass is 251 g/mol. The van der Waals surface area contributed by atoms with Crippen LogP contribution in [0.25, 0.3) is 0 Å². The zero-order valence-corrected chi connectivity index (χ0v) is 10.8. The van der Waals surface area contributed by atoms with Gasteiger partial charge in [-0.2, -0.15) is 0 Å². The Morgan fingerprint density at radius 1 is 1.11 bits per heavy atom. The minimum atomic E-state index is -0.200. The third kappa shape index (κ3) is 4.65. The molecule has 0 bridgehead atoms. The maximum atomic E-state index is 12.7. The summed E-state index contributed by atoms with van der Waals surface area (Å²) in [5.41, 5.74) is 0.942. The summed E-state index contributed by atoms with van der Waals surface area (Å²) in [7, 11) is 0. The molecule has 1 saturated carbocycles. The minimum absolute atomic E-state index is 0.200. The fraction of sp³-hybridized carbons (Fsp3) is 0.600. The summed E-state index contributed by atoms with van der Waals surface area (Å²) in [4.78, 5) is 0. The standard InChI is InChI=1S/C15H22FNO/c16-14-6-8-15(9-7-14)17-10-11-18-12-13-4-2-1-3-5-13/h6-9,13,17H,1-5,10-12H2. The van der Waals surface area contributed by atoms with Gasteiger partial charge < -0.3 is 10.1 Å². The number of halogens is 1. The number of anilines is 1. The quantitative estimate of drug-likeness (QED) is 0.776. The number of ether oxygens (including phenoxy) is 1. The van der Waals surface area contributed by atoms with Crippen LogP contribution in [0.3, 0.4) is 0 Å². The Kier molecular flexibility index (Phi) is 5.46. The summed E-state index contributed by atoms with van der Waals surface area (Å²) in [6.45, 7) is 2.39. The number of rotatable bonds is 6. The number of hydrogen-bond donors (Lipinski definition) is 1. The van der Waals surface area contributed by atoms with E-state index < -0.39 is 0 Å². The van der Waals surface area contributed by atoms with Gasteiger partial charge in [-0.3, -0.25) is 0 Å². The molecule has 0 aromatic heterocycles. The van der Waals surface area contributed by atoms with Gasteiger partial charge in [0.1, 0.15) is 5.82 Å². The number of benzene rings is 1. The molecule has 1 aliphatic carbocycles. The molecule has 0 unspecified atom stereocenters. The summed E-state index contributed by atoms with van der Waals surface area (Å²) in [5.74, 6) is 0.568. The molecule has 1 N–H and O–H groups in total. The van der Waals surface area contributed by atoms with Gasteiger partial charge in [0.25, 0.3) is 0 Å². The van der Waals surface area contributed by atoms with Gasteiger partial charge in [0.05, 0.1) is 6.61 Å². The van der Waals surface area contributed by atoms with Crippen molar-refractivity contribution in [1.82, 2.24) is 0 Å². The van der Waals surface area contributed by atoms with Gasteiger partial charge >= 0.3 is 0 Å². The van der Waals surface area contributed by atoms with E-state index in [2.05, 4.69) is 5.32 Å². The molecule has 1 aromatic rings. The summed E-state index contributed by atoms with van der Waals surface area (Å²) < 4.78 is 18.4. The van der Waals surface area contributed by atoms with Crippen LogP contribution < -0.4 is 5.32 Å². The van der Waals surface area contributed by atoms with E-state index in [0.717, 1.165) is 24.8 Å². The van der Waals surface area contributed by atoms with Crippen molar-refractivity contribution in [3.05, 3.63) is 30.1 Å². The second-order valence-electron chi connectivity index (χ2n) is 5.01. The molecule has 1 fully saturated rings. The molecule has 0 heterocycles. The second kappa shape index (κ2) is 7.37. The van der Waals surface area contributed by atoms with Gasteiger partial charge in [-0.1, -0.05) is 19.3 Å². The Labute approximate surface area is 109 Å². The molecular weight excluding hydrogens is 229 g/mol. The number of hydrogen-bond acceptors (Lipinski definition) is 2. The molecule has 0 amide bonds. The molecule has 2 nitrogen and oxygen atoms in total. The molecule has 0 atom stereocenters. The third-order valence-corrected chi connectivity index (χ3v) is 3.50. The molecular formula is C15H22FNO. The largest absolute Gasteiger partial charge is 0.383 e. The van der Waals surface area contributed by atoms with Crippen LogP contribution >= 0.6 is 0 Å². The lowest BCUT2D eigenvalue weighted by Gasteiger charge is -2.21. The minimum Gasteiger partial charge on any atom is -0.383 e. The van der Waals surface area contributed by atoms with E-state index in [1.165, 1.54) is 44.2 Å². The highest BCUT2D eigenvalue weighted by atomic mass is 19.1. The van der Waals surface area contributed by atoms with Gasteiger partial charge in [-0.25, -0.2) is 4.39 Å². The molecule has 100 valence electrons. The lowest BCUT2D eigenvalue weighted by Crippen LogP contribution is -2.16. The van der Waals surface area contributed by atoms with Gasteiger partial charge in [0, 0.05) is 18.8 Å². The molecule has 0 spiro atoms. The Morgan fingerprint density at radius 3 is 2.56 bits per heavy atom. The van der Waals surface area contributed by atoms with Crippen LogP contribution in [0.4, 0.5) is 10.1 Å². The second-order valence-corrected chi connectivity index (χ2v) is 5.01. The zero-order chi connectivity index (χ0) is 12.6. The highest BCUT2D eigenvalue weighted by Gasteiger charge is 2.12. The van der Waals surface area contributed by atoms with Crippen molar-refractivity contribution >= 4 is 5.69 Å². The fourth-order valence-corrected chi connectivity index (χ4v) is 2.44. The van der Waals surface area contributed by atoms with Crippen LogP contribution in [0.15, 0.2) is 24.3 Å². The Bertz CT molecular complexity index is 333. The summed E-state index contributed by atoms with van der Waals surface area (Å²) in [6, 6.07) is 6.42. The topological polar surface area (TPSA) is 21.3 Å². The third-order valence-electron chi connectivity index (χ3n) is 3.50. The first-order valence-electron chi connectivity index (χ1n) is 6.92. The van der Waals surface area contributed by atoms with Crippen molar-refractivity contribution in [2.75, 3.05) is 25.1 Å². The summed E-state index contributed by atoms with van der Waals surface area (Å²) in [6.07, 6.45) is 6.77. The smallest absolute Gasteiger partial charge is 0.123 e. The lowest BCUT2D eigenvalue weighted by atomic mass is 9.90. The first kappa shape index (κ1) is 13.3. The molecule has 1 aromatic carbocycles. The SMILES string of the molecule is Fc1ccc(NCCOCC2CCCCC2)cc1. The van der Waals surface area contributed by atoms with Gasteiger partial charge in [0.2, 0.25) is 0 Å². The average molecular weight is 251 g/mol. The first-order valence-corrected chi connectivity index (χ1v) is 6.92. The molecule has 1 aliphatic rings. The van der Waals surface area contributed by atoms with Crippen molar-refractivity contribution in [2.45, 2.75) is 32.1 Å². The molecule has 0 saturated heterocycles. The highest BCUT2D eigenvalue weighted by Crippen LogP contribution is 2.23. The van der Waals surface area contributed by atoms with E-state index in [-0.39, 0.29) is 5.82 Å².